The van der Waals surface area contributed by atoms with Crippen molar-refractivity contribution in [3.05, 3.63) is 23.8 Å². The third-order valence-electron chi connectivity index (χ3n) is 3.56. The molecule has 122 valence electrons. The molecule has 1 atom stereocenters. The van der Waals surface area contributed by atoms with E-state index in [9.17, 15) is 14.7 Å². The van der Waals surface area contributed by atoms with Crippen LogP contribution in [-0.2, 0) is 16.0 Å². The quantitative estimate of drug-likeness (QED) is 0.741. The van der Waals surface area contributed by atoms with Crippen molar-refractivity contribution in [2.75, 3.05) is 27.3 Å². The lowest BCUT2D eigenvalue weighted by Gasteiger charge is -2.23. The van der Waals surface area contributed by atoms with Crippen LogP contribution in [0.2, 0.25) is 0 Å². The van der Waals surface area contributed by atoms with Crippen LogP contribution >= 0.6 is 0 Å². The minimum atomic E-state index is -1.12. The van der Waals surface area contributed by atoms with Crippen LogP contribution in [-0.4, -0.2) is 49.2 Å². The fourth-order valence-electron chi connectivity index (χ4n) is 2.28. The second-order valence-electron chi connectivity index (χ2n) is 4.79. The summed E-state index contributed by atoms with van der Waals surface area (Å²) in [5.74, 6) is -1.51. The Bertz CT molecular complexity index is 525. The van der Waals surface area contributed by atoms with E-state index in [1.807, 2.05) is 13.8 Å². The maximum absolute atomic E-state index is 12.3. The summed E-state index contributed by atoms with van der Waals surface area (Å²) in [4.78, 5) is 25.3. The molecule has 0 saturated heterocycles. The van der Waals surface area contributed by atoms with Gasteiger partial charge in [0.2, 0.25) is 5.91 Å². The Labute approximate surface area is 130 Å². The Morgan fingerprint density at radius 2 is 1.73 bits per heavy atom. The van der Waals surface area contributed by atoms with Gasteiger partial charge in [-0.2, -0.15) is 0 Å². The van der Waals surface area contributed by atoms with E-state index in [2.05, 4.69) is 0 Å². The molecule has 0 aliphatic rings. The molecule has 1 unspecified atom stereocenters. The molecule has 0 aromatic heterocycles. The minimum Gasteiger partial charge on any atom is -0.493 e. The summed E-state index contributed by atoms with van der Waals surface area (Å²) in [6.07, 6.45) is 0.116. The zero-order valence-corrected chi connectivity index (χ0v) is 13.5. The number of ether oxygens (including phenoxy) is 2. The number of hydrogen-bond acceptors (Lipinski definition) is 4. The highest BCUT2D eigenvalue weighted by molar-refractivity contribution is 5.97. The number of carbonyl (C=O) groups excluding carboxylic acids is 1. The van der Waals surface area contributed by atoms with E-state index in [4.69, 9.17) is 9.47 Å². The number of carbonyl (C=O) groups is 2. The molecule has 0 saturated carbocycles. The van der Waals surface area contributed by atoms with Gasteiger partial charge >= 0.3 is 5.97 Å². The molecule has 0 aliphatic carbocycles. The molecule has 0 fully saturated rings. The molecule has 1 amide bonds. The number of benzene rings is 1. The van der Waals surface area contributed by atoms with E-state index in [1.54, 1.807) is 18.2 Å². The molecule has 1 rings (SSSR count). The van der Waals surface area contributed by atoms with Gasteiger partial charge in [0.25, 0.3) is 0 Å². The van der Waals surface area contributed by atoms with Crippen LogP contribution in [0.3, 0.4) is 0 Å². The van der Waals surface area contributed by atoms with Gasteiger partial charge in [0.05, 0.1) is 14.2 Å². The Balaban J connectivity index is 3.01. The third-order valence-corrected chi connectivity index (χ3v) is 3.56. The number of aliphatic carboxylic acids is 1. The topological polar surface area (TPSA) is 76.1 Å². The molecule has 22 heavy (non-hydrogen) atoms. The maximum atomic E-state index is 12.3. The standard InChI is InChI=1S/C16H23NO5/c1-5-17(6-2)15(18)12(16(19)20)9-11-7-8-13(21-3)14(10-11)22-4/h7-8,10,12H,5-6,9H2,1-4H3,(H,19,20). The Morgan fingerprint density at radius 1 is 1.14 bits per heavy atom. The predicted molar refractivity (Wildman–Crippen MR) is 82.3 cm³/mol. The zero-order chi connectivity index (χ0) is 16.7. The first-order chi connectivity index (χ1) is 10.5. The number of nitrogens with zero attached hydrogens (tertiary/aromatic N) is 1. The molecule has 0 aliphatic heterocycles. The van der Waals surface area contributed by atoms with E-state index in [-0.39, 0.29) is 12.3 Å². The van der Waals surface area contributed by atoms with Crippen molar-refractivity contribution in [2.45, 2.75) is 20.3 Å². The van der Waals surface area contributed by atoms with E-state index in [0.717, 1.165) is 0 Å². The lowest BCUT2D eigenvalue weighted by Crippen LogP contribution is -2.40. The largest absolute Gasteiger partial charge is 0.493 e. The minimum absolute atomic E-state index is 0.116. The number of rotatable bonds is 8. The predicted octanol–water partition coefficient (Wildman–Crippen LogP) is 1.82. The summed E-state index contributed by atoms with van der Waals surface area (Å²) < 4.78 is 10.3. The molecule has 0 spiro atoms. The summed E-state index contributed by atoms with van der Waals surface area (Å²) in [7, 11) is 3.04. The molecule has 6 nitrogen and oxygen atoms in total. The first-order valence-corrected chi connectivity index (χ1v) is 7.20. The van der Waals surface area contributed by atoms with Crippen molar-refractivity contribution in [1.29, 1.82) is 0 Å². The van der Waals surface area contributed by atoms with Crippen LogP contribution in [0.1, 0.15) is 19.4 Å². The fourth-order valence-corrected chi connectivity index (χ4v) is 2.28. The van der Waals surface area contributed by atoms with Crippen LogP contribution in [0.15, 0.2) is 18.2 Å². The molecular weight excluding hydrogens is 286 g/mol. The molecule has 0 radical (unpaired) electrons. The van der Waals surface area contributed by atoms with Gasteiger partial charge in [0, 0.05) is 13.1 Å². The van der Waals surface area contributed by atoms with Gasteiger partial charge in [-0.25, -0.2) is 0 Å². The van der Waals surface area contributed by atoms with Crippen LogP contribution in [0, 0.1) is 5.92 Å². The summed E-state index contributed by atoms with van der Waals surface area (Å²) >= 11 is 0. The smallest absolute Gasteiger partial charge is 0.316 e. The van der Waals surface area contributed by atoms with Crippen molar-refractivity contribution in [3.8, 4) is 11.5 Å². The van der Waals surface area contributed by atoms with Crippen LogP contribution in [0.4, 0.5) is 0 Å². The van der Waals surface area contributed by atoms with Crippen molar-refractivity contribution >= 4 is 11.9 Å². The van der Waals surface area contributed by atoms with Gasteiger partial charge in [-0.3, -0.25) is 9.59 Å². The molecule has 1 aromatic rings. The van der Waals surface area contributed by atoms with Gasteiger partial charge < -0.3 is 19.5 Å². The first kappa shape index (κ1) is 17.8. The van der Waals surface area contributed by atoms with Crippen LogP contribution in [0.5, 0.6) is 11.5 Å². The van der Waals surface area contributed by atoms with Crippen LogP contribution < -0.4 is 9.47 Å². The molecule has 1 N–H and O–H groups in total. The van der Waals surface area contributed by atoms with E-state index < -0.39 is 11.9 Å². The monoisotopic (exact) mass is 309 g/mol. The maximum Gasteiger partial charge on any atom is 0.316 e. The summed E-state index contributed by atoms with van der Waals surface area (Å²) in [6, 6.07) is 5.14. The first-order valence-electron chi connectivity index (χ1n) is 7.20. The average Bonchev–Trinajstić information content (AvgIpc) is 2.52. The Hall–Kier alpha value is -2.24. The van der Waals surface area contributed by atoms with Gasteiger partial charge in [0.1, 0.15) is 5.92 Å². The van der Waals surface area contributed by atoms with Crippen molar-refractivity contribution in [1.82, 2.24) is 4.90 Å². The number of amides is 1. The SMILES string of the molecule is CCN(CC)C(=O)C(Cc1ccc(OC)c(OC)c1)C(=O)O. The summed E-state index contributed by atoms with van der Waals surface area (Å²) in [5, 5.41) is 9.37. The molecule has 0 bridgehead atoms. The van der Waals surface area contributed by atoms with Crippen LogP contribution in [0.25, 0.3) is 0 Å². The highest BCUT2D eigenvalue weighted by Gasteiger charge is 2.29. The second kappa shape index (κ2) is 8.26. The number of carboxylic acids is 1. The normalized spacial score (nSPS) is 11.6. The van der Waals surface area contributed by atoms with Gasteiger partial charge in [-0.15, -0.1) is 0 Å². The Morgan fingerprint density at radius 3 is 2.18 bits per heavy atom. The van der Waals surface area contributed by atoms with E-state index in [1.165, 1.54) is 19.1 Å². The lowest BCUT2D eigenvalue weighted by atomic mass is 9.97. The Kier molecular flexibility index (Phi) is 6.69. The van der Waals surface area contributed by atoms with Gasteiger partial charge in [-0.1, -0.05) is 6.07 Å². The summed E-state index contributed by atoms with van der Waals surface area (Å²) in [6.45, 7) is 4.64. The zero-order valence-electron chi connectivity index (χ0n) is 13.5. The van der Waals surface area contributed by atoms with Crippen molar-refractivity contribution < 1.29 is 24.2 Å². The van der Waals surface area contributed by atoms with E-state index in [0.29, 0.717) is 30.2 Å². The fraction of sp³-hybridized carbons (Fsp3) is 0.500. The number of carboxylic acid groups (broad SMARTS) is 1. The lowest BCUT2D eigenvalue weighted by molar-refractivity contribution is -0.150. The van der Waals surface area contributed by atoms with Crippen molar-refractivity contribution in [3.63, 3.8) is 0 Å². The second-order valence-corrected chi connectivity index (χ2v) is 4.79. The highest BCUT2D eigenvalue weighted by atomic mass is 16.5. The molecule has 6 heteroatoms. The molecule has 0 heterocycles. The summed E-state index contributed by atoms with van der Waals surface area (Å²) in [5.41, 5.74) is 0.713. The van der Waals surface area contributed by atoms with Gasteiger partial charge in [-0.05, 0) is 38.0 Å². The van der Waals surface area contributed by atoms with Crippen molar-refractivity contribution in [2.24, 2.45) is 5.92 Å². The van der Waals surface area contributed by atoms with Gasteiger partial charge in [0.15, 0.2) is 11.5 Å². The number of hydrogen-bond donors (Lipinski definition) is 1. The molecular formula is C16H23NO5. The van der Waals surface area contributed by atoms with E-state index >= 15 is 0 Å². The average molecular weight is 309 g/mol. The number of methoxy groups -OCH3 is 2. The highest BCUT2D eigenvalue weighted by Crippen LogP contribution is 2.28. The third kappa shape index (κ3) is 4.13. The molecule has 1 aromatic carbocycles.